The molecule has 1 aromatic heterocycles. The first kappa shape index (κ1) is 9.09. The van der Waals surface area contributed by atoms with Gasteiger partial charge in [-0.1, -0.05) is 18.2 Å². The van der Waals surface area contributed by atoms with E-state index in [0.717, 1.165) is 0 Å². The third-order valence-corrected chi connectivity index (χ3v) is 2.58. The molecule has 1 heterocycles. The van der Waals surface area contributed by atoms with E-state index in [1.165, 1.54) is 18.2 Å². The maximum absolute atomic E-state index is 13.1. The standard InChI is InChI=1S/C13H7FO2/c14-8-5-6-12-11(7-8)9-3-1-2-4-10(9)13(15)16-12/h1-7H. The Morgan fingerprint density at radius 1 is 0.938 bits per heavy atom. The van der Waals surface area contributed by atoms with Crippen LogP contribution in [0.4, 0.5) is 4.39 Å². The van der Waals surface area contributed by atoms with Crippen LogP contribution in [-0.4, -0.2) is 0 Å². The Morgan fingerprint density at radius 2 is 1.69 bits per heavy atom. The molecule has 0 N–H and O–H groups in total. The minimum absolute atomic E-state index is 0.341. The highest BCUT2D eigenvalue weighted by atomic mass is 19.1. The summed E-state index contributed by atoms with van der Waals surface area (Å²) in [5.74, 6) is -0.341. The van der Waals surface area contributed by atoms with Gasteiger partial charge in [-0.05, 0) is 24.3 Å². The Kier molecular flexibility index (Phi) is 1.80. The van der Waals surface area contributed by atoms with Gasteiger partial charge in [0.25, 0.3) is 0 Å². The lowest BCUT2D eigenvalue weighted by Gasteiger charge is -2.01. The van der Waals surface area contributed by atoms with Gasteiger partial charge in [0.2, 0.25) is 0 Å². The maximum Gasteiger partial charge on any atom is 0.344 e. The van der Waals surface area contributed by atoms with Crippen molar-refractivity contribution in [2.45, 2.75) is 0 Å². The van der Waals surface area contributed by atoms with Crippen molar-refractivity contribution in [2.75, 3.05) is 0 Å². The van der Waals surface area contributed by atoms with Crippen molar-refractivity contribution < 1.29 is 8.81 Å². The molecule has 0 aliphatic heterocycles. The van der Waals surface area contributed by atoms with E-state index in [0.29, 0.717) is 21.7 Å². The van der Waals surface area contributed by atoms with Crippen LogP contribution in [0.5, 0.6) is 0 Å². The molecule has 0 bridgehead atoms. The minimum Gasteiger partial charge on any atom is -0.422 e. The van der Waals surface area contributed by atoms with E-state index < -0.39 is 5.63 Å². The summed E-state index contributed by atoms with van der Waals surface area (Å²) in [6.45, 7) is 0. The van der Waals surface area contributed by atoms with Crippen LogP contribution in [0.3, 0.4) is 0 Å². The molecule has 0 aliphatic carbocycles. The first-order valence-electron chi connectivity index (χ1n) is 4.87. The van der Waals surface area contributed by atoms with Gasteiger partial charge < -0.3 is 4.42 Å². The highest BCUT2D eigenvalue weighted by Crippen LogP contribution is 2.22. The second-order valence-corrected chi connectivity index (χ2v) is 3.58. The van der Waals surface area contributed by atoms with Crippen LogP contribution in [0.25, 0.3) is 21.7 Å². The third-order valence-electron chi connectivity index (χ3n) is 2.58. The first-order chi connectivity index (χ1) is 7.75. The van der Waals surface area contributed by atoms with Gasteiger partial charge in [0.05, 0.1) is 5.39 Å². The largest absolute Gasteiger partial charge is 0.422 e. The van der Waals surface area contributed by atoms with Crippen molar-refractivity contribution in [1.82, 2.24) is 0 Å². The monoisotopic (exact) mass is 214 g/mol. The van der Waals surface area contributed by atoms with Crippen LogP contribution in [0.15, 0.2) is 51.7 Å². The lowest BCUT2D eigenvalue weighted by Crippen LogP contribution is -1.99. The molecular formula is C13H7FO2. The zero-order valence-electron chi connectivity index (χ0n) is 8.24. The number of rotatable bonds is 0. The van der Waals surface area contributed by atoms with Crippen molar-refractivity contribution in [3.8, 4) is 0 Å². The summed E-state index contributed by atoms with van der Waals surface area (Å²) in [5.41, 5.74) is 0.0137. The van der Waals surface area contributed by atoms with Crippen molar-refractivity contribution in [3.05, 3.63) is 58.7 Å². The number of hydrogen-bond acceptors (Lipinski definition) is 2. The lowest BCUT2D eigenvalue weighted by atomic mass is 10.1. The molecule has 3 rings (SSSR count). The Labute approximate surface area is 89.9 Å². The molecule has 0 amide bonds. The molecule has 0 saturated heterocycles. The summed E-state index contributed by atoms with van der Waals surface area (Å²) in [5, 5.41) is 1.81. The number of benzene rings is 2. The predicted octanol–water partition coefficient (Wildman–Crippen LogP) is 3.09. The lowest BCUT2D eigenvalue weighted by molar-refractivity contribution is 0.567. The van der Waals surface area contributed by atoms with Crippen LogP contribution in [-0.2, 0) is 0 Å². The summed E-state index contributed by atoms with van der Waals surface area (Å²) < 4.78 is 18.3. The Bertz CT molecular complexity index is 744. The van der Waals surface area contributed by atoms with E-state index in [2.05, 4.69) is 0 Å². The fourth-order valence-corrected chi connectivity index (χ4v) is 1.85. The van der Waals surface area contributed by atoms with Gasteiger partial charge in [-0.2, -0.15) is 0 Å². The molecule has 0 fully saturated rings. The SMILES string of the molecule is O=c1oc2ccc(F)cc2c2ccccc12. The molecule has 3 aromatic rings. The second kappa shape index (κ2) is 3.17. The van der Waals surface area contributed by atoms with E-state index in [4.69, 9.17) is 4.42 Å². The van der Waals surface area contributed by atoms with Crippen LogP contribution in [0.1, 0.15) is 0 Å². The average molecular weight is 214 g/mol. The summed E-state index contributed by atoms with van der Waals surface area (Å²) in [4.78, 5) is 11.6. The number of halogens is 1. The van der Waals surface area contributed by atoms with Gasteiger partial charge in [0.15, 0.2) is 0 Å². The van der Waals surface area contributed by atoms with Gasteiger partial charge >= 0.3 is 5.63 Å². The molecular weight excluding hydrogens is 207 g/mol. The van der Waals surface area contributed by atoms with E-state index >= 15 is 0 Å². The maximum atomic E-state index is 13.1. The fraction of sp³-hybridized carbons (Fsp3) is 0. The summed E-state index contributed by atoms with van der Waals surface area (Å²) >= 11 is 0. The van der Waals surface area contributed by atoms with E-state index in [1.807, 2.05) is 6.07 Å². The number of hydrogen-bond donors (Lipinski definition) is 0. The molecule has 0 saturated carbocycles. The Hall–Kier alpha value is -2.16. The quantitative estimate of drug-likeness (QED) is 0.425. The van der Waals surface area contributed by atoms with Gasteiger partial charge in [0, 0.05) is 10.8 Å². The third kappa shape index (κ3) is 1.21. The smallest absolute Gasteiger partial charge is 0.344 e. The summed E-state index contributed by atoms with van der Waals surface area (Å²) in [6.07, 6.45) is 0. The van der Waals surface area contributed by atoms with Crippen LogP contribution >= 0.6 is 0 Å². The van der Waals surface area contributed by atoms with Crippen LogP contribution < -0.4 is 5.63 Å². The zero-order chi connectivity index (χ0) is 11.1. The van der Waals surface area contributed by atoms with Crippen molar-refractivity contribution in [2.24, 2.45) is 0 Å². The zero-order valence-corrected chi connectivity index (χ0v) is 8.24. The van der Waals surface area contributed by atoms with Crippen LogP contribution in [0, 0.1) is 5.82 Å². The second-order valence-electron chi connectivity index (χ2n) is 3.58. The molecule has 0 unspecified atom stereocenters. The van der Waals surface area contributed by atoms with Crippen molar-refractivity contribution in [1.29, 1.82) is 0 Å². The molecule has 2 nitrogen and oxygen atoms in total. The highest BCUT2D eigenvalue weighted by molar-refractivity contribution is 6.04. The summed E-state index contributed by atoms with van der Waals surface area (Å²) in [7, 11) is 0. The molecule has 2 aromatic carbocycles. The molecule has 0 spiro atoms. The topological polar surface area (TPSA) is 30.2 Å². The van der Waals surface area contributed by atoms with Crippen molar-refractivity contribution in [3.63, 3.8) is 0 Å². The first-order valence-corrected chi connectivity index (χ1v) is 4.87. The average Bonchev–Trinajstić information content (AvgIpc) is 2.31. The van der Waals surface area contributed by atoms with E-state index in [-0.39, 0.29) is 5.82 Å². The van der Waals surface area contributed by atoms with Crippen molar-refractivity contribution >= 4 is 21.7 Å². The van der Waals surface area contributed by atoms with Gasteiger partial charge in [-0.3, -0.25) is 0 Å². The molecule has 78 valence electrons. The van der Waals surface area contributed by atoms with Gasteiger partial charge in [0.1, 0.15) is 11.4 Å². The van der Waals surface area contributed by atoms with Gasteiger partial charge in [-0.15, -0.1) is 0 Å². The normalized spacial score (nSPS) is 11.1. The highest BCUT2D eigenvalue weighted by Gasteiger charge is 2.06. The van der Waals surface area contributed by atoms with E-state index in [9.17, 15) is 9.18 Å². The van der Waals surface area contributed by atoms with E-state index in [1.54, 1.807) is 18.2 Å². The van der Waals surface area contributed by atoms with Gasteiger partial charge in [-0.25, -0.2) is 9.18 Å². The Balaban J connectivity index is 2.66. The minimum atomic E-state index is -0.394. The molecule has 0 radical (unpaired) electrons. The molecule has 3 heteroatoms. The molecule has 16 heavy (non-hydrogen) atoms. The molecule has 0 atom stereocenters. The number of fused-ring (bicyclic) bond motifs is 3. The Morgan fingerprint density at radius 3 is 2.50 bits per heavy atom. The van der Waals surface area contributed by atoms with Crippen LogP contribution in [0.2, 0.25) is 0 Å². The summed E-state index contributed by atoms with van der Waals surface area (Å²) in [6, 6.07) is 11.1. The predicted molar refractivity (Wildman–Crippen MR) is 59.9 cm³/mol. The fourth-order valence-electron chi connectivity index (χ4n) is 1.85. The molecule has 0 aliphatic rings.